The van der Waals surface area contributed by atoms with Gasteiger partial charge in [0.05, 0.1) is 6.61 Å². The van der Waals surface area contributed by atoms with Crippen LogP contribution < -0.4 is 0 Å². The summed E-state index contributed by atoms with van der Waals surface area (Å²) in [5.74, 6) is 2.65. The Bertz CT molecular complexity index is 413. The lowest BCUT2D eigenvalue weighted by atomic mass is 9.82. The summed E-state index contributed by atoms with van der Waals surface area (Å²) in [7, 11) is 0. The smallest absolute Gasteiger partial charge is 0.250 e. The Balaban J connectivity index is 1.95. The average Bonchev–Trinajstić information content (AvgIpc) is 2.59. The van der Waals surface area contributed by atoms with Gasteiger partial charge >= 0.3 is 0 Å². The van der Waals surface area contributed by atoms with Crippen molar-refractivity contribution < 1.29 is 13.9 Å². The van der Waals surface area contributed by atoms with Gasteiger partial charge in [0, 0.05) is 18.8 Å². The van der Waals surface area contributed by atoms with E-state index < -0.39 is 5.92 Å². The normalized spacial score (nSPS) is 19.1. The molecule has 0 aromatic carbocycles. The Morgan fingerprint density at radius 1 is 1.47 bits per heavy atom. The van der Waals surface area contributed by atoms with E-state index in [0.717, 1.165) is 0 Å². The number of aliphatic hydroxyl groups is 1. The van der Waals surface area contributed by atoms with Gasteiger partial charge in [-0.25, -0.2) is 8.78 Å². The molecule has 0 amide bonds. The van der Waals surface area contributed by atoms with Crippen LogP contribution in [0.2, 0.25) is 0 Å². The lowest BCUT2D eigenvalue weighted by molar-refractivity contribution is -0.0936. The van der Waals surface area contributed by atoms with Crippen molar-refractivity contribution in [3.63, 3.8) is 0 Å². The number of aromatic nitrogens is 2. The summed E-state index contributed by atoms with van der Waals surface area (Å²) < 4.78 is 24.9. The number of halogens is 2. The molecule has 1 aromatic heterocycles. The Hall–Kier alpha value is -1.06. The predicted octanol–water partition coefficient (Wildman–Crippen LogP) is 1.43. The van der Waals surface area contributed by atoms with Crippen LogP contribution in [0.25, 0.3) is 0 Å². The minimum Gasteiger partial charge on any atom is -0.389 e. The molecule has 0 atom stereocenters. The molecule has 1 saturated carbocycles. The Morgan fingerprint density at radius 2 is 2.20 bits per heavy atom. The maximum absolute atomic E-state index is 12.4. The predicted molar refractivity (Wildman–Crippen MR) is 50.4 cm³/mol. The maximum Gasteiger partial charge on any atom is 0.250 e. The van der Waals surface area contributed by atoms with Crippen LogP contribution in [0.4, 0.5) is 8.78 Å². The van der Waals surface area contributed by atoms with Gasteiger partial charge in [0.1, 0.15) is 5.01 Å². The van der Waals surface area contributed by atoms with Crippen LogP contribution in [0.1, 0.15) is 22.9 Å². The Morgan fingerprint density at radius 3 is 2.73 bits per heavy atom. The fraction of sp³-hybridized carbons (Fsp3) is 0.556. The van der Waals surface area contributed by atoms with Gasteiger partial charge in [0.15, 0.2) is 5.01 Å². The van der Waals surface area contributed by atoms with Crippen molar-refractivity contribution in [3.05, 3.63) is 10.0 Å². The van der Waals surface area contributed by atoms with E-state index in [2.05, 4.69) is 22.0 Å². The molecule has 2 rings (SSSR count). The van der Waals surface area contributed by atoms with Crippen molar-refractivity contribution >= 4 is 11.3 Å². The minimum absolute atomic E-state index is 0.161. The Labute approximate surface area is 89.2 Å². The minimum atomic E-state index is -2.53. The molecule has 0 radical (unpaired) electrons. The molecule has 1 aliphatic rings. The molecule has 80 valence electrons. The van der Waals surface area contributed by atoms with E-state index in [1.165, 1.54) is 11.3 Å². The third-order valence-electron chi connectivity index (χ3n) is 2.08. The number of hydrogen-bond donors (Lipinski definition) is 1. The summed E-state index contributed by atoms with van der Waals surface area (Å²) in [6.07, 6.45) is -0.322. The highest BCUT2D eigenvalue weighted by atomic mass is 32.1. The standard InChI is InChI=1S/C9H8F2N2OS/c10-9(11)3-6(4-9)1-2-7-12-13-8(5-14)15-7/h6,14H,3-5H2. The second-order valence-corrected chi connectivity index (χ2v) is 4.45. The van der Waals surface area contributed by atoms with Gasteiger partial charge in [-0.15, -0.1) is 10.2 Å². The first-order valence-electron chi connectivity index (χ1n) is 4.42. The van der Waals surface area contributed by atoms with Crippen molar-refractivity contribution in [2.75, 3.05) is 0 Å². The van der Waals surface area contributed by atoms with Crippen LogP contribution in [-0.2, 0) is 6.61 Å². The summed E-state index contributed by atoms with van der Waals surface area (Å²) in [6, 6.07) is 0. The van der Waals surface area contributed by atoms with E-state index in [0.29, 0.717) is 10.0 Å². The molecule has 1 N–H and O–H groups in total. The third-order valence-corrected chi connectivity index (χ3v) is 2.90. The molecule has 1 heterocycles. The third kappa shape index (κ3) is 2.49. The lowest BCUT2D eigenvalue weighted by Crippen LogP contribution is -2.34. The molecular formula is C9H8F2N2OS. The van der Waals surface area contributed by atoms with Crippen LogP contribution in [-0.4, -0.2) is 21.2 Å². The van der Waals surface area contributed by atoms with E-state index in [4.69, 9.17) is 5.11 Å². The van der Waals surface area contributed by atoms with Crippen LogP contribution >= 0.6 is 11.3 Å². The van der Waals surface area contributed by atoms with Gasteiger partial charge in [-0.05, 0) is 5.92 Å². The zero-order valence-corrected chi connectivity index (χ0v) is 8.52. The largest absolute Gasteiger partial charge is 0.389 e. The fourth-order valence-electron chi connectivity index (χ4n) is 1.30. The number of nitrogens with zero attached hydrogens (tertiary/aromatic N) is 2. The van der Waals surface area contributed by atoms with Gasteiger partial charge in [-0.3, -0.25) is 0 Å². The second-order valence-electron chi connectivity index (χ2n) is 3.39. The SMILES string of the molecule is OCc1nnc(C#CC2CC(F)(F)C2)s1. The van der Waals surface area contributed by atoms with Gasteiger partial charge in [-0.1, -0.05) is 17.3 Å². The molecule has 0 bridgehead atoms. The average molecular weight is 230 g/mol. The van der Waals surface area contributed by atoms with Gasteiger partial charge < -0.3 is 5.11 Å². The van der Waals surface area contributed by atoms with Crippen molar-refractivity contribution in [2.45, 2.75) is 25.4 Å². The van der Waals surface area contributed by atoms with E-state index in [1.54, 1.807) is 0 Å². The van der Waals surface area contributed by atoms with Gasteiger partial charge in [0.25, 0.3) is 5.92 Å². The molecule has 0 unspecified atom stereocenters. The zero-order chi connectivity index (χ0) is 10.9. The molecule has 0 spiro atoms. The fourth-order valence-corrected chi connectivity index (χ4v) is 1.86. The summed E-state index contributed by atoms with van der Waals surface area (Å²) in [5, 5.41) is 17.0. The monoisotopic (exact) mass is 230 g/mol. The van der Waals surface area contributed by atoms with Crippen molar-refractivity contribution in [3.8, 4) is 11.8 Å². The number of aliphatic hydroxyl groups excluding tert-OH is 1. The first-order valence-corrected chi connectivity index (χ1v) is 5.23. The molecule has 0 saturated heterocycles. The molecule has 15 heavy (non-hydrogen) atoms. The molecule has 1 aliphatic carbocycles. The van der Waals surface area contributed by atoms with E-state index >= 15 is 0 Å². The van der Waals surface area contributed by atoms with Gasteiger partial charge in [0.2, 0.25) is 0 Å². The molecule has 3 nitrogen and oxygen atoms in total. The highest BCUT2D eigenvalue weighted by Crippen LogP contribution is 2.41. The van der Waals surface area contributed by atoms with Crippen LogP contribution in [0.5, 0.6) is 0 Å². The highest BCUT2D eigenvalue weighted by Gasteiger charge is 2.44. The summed E-state index contributed by atoms with van der Waals surface area (Å²) in [6.45, 7) is -0.166. The second kappa shape index (κ2) is 3.83. The van der Waals surface area contributed by atoms with E-state index in [1.807, 2.05) is 0 Å². The number of alkyl halides is 2. The number of hydrogen-bond acceptors (Lipinski definition) is 4. The first-order chi connectivity index (χ1) is 7.09. The maximum atomic E-state index is 12.4. The summed E-state index contributed by atoms with van der Waals surface area (Å²) in [5.41, 5.74) is 0. The number of rotatable bonds is 1. The molecular weight excluding hydrogens is 222 g/mol. The quantitative estimate of drug-likeness (QED) is 0.742. The molecule has 1 fully saturated rings. The van der Waals surface area contributed by atoms with E-state index in [9.17, 15) is 8.78 Å². The zero-order valence-electron chi connectivity index (χ0n) is 7.70. The topological polar surface area (TPSA) is 46.0 Å². The lowest BCUT2D eigenvalue weighted by Gasteiger charge is -2.30. The van der Waals surface area contributed by atoms with Crippen LogP contribution in [0.3, 0.4) is 0 Å². The molecule has 1 aromatic rings. The summed E-state index contributed by atoms with van der Waals surface area (Å²) >= 11 is 1.18. The van der Waals surface area contributed by atoms with E-state index in [-0.39, 0.29) is 25.4 Å². The summed E-state index contributed by atoms with van der Waals surface area (Å²) in [4.78, 5) is 0. The highest BCUT2D eigenvalue weighted by molar-refractivity contribution is 7.11. The first kappa shape index (κ1) is 10.5. The van der Waals surface area contributed by atoms with Crippen LogP contribution in [0, 0.1) is 17.8 Å². The van der Waals surface area contributed by atoms with Gasteiger partial charge in [-0.2, -0.15) is 0 Å². The molecule has 6 heteroatoms. The van der Waals surface area contributed by atoms with Crippen molar-refractivity contribution in [1.82, 2.24) is 10.2 Å². The Kier molecular flexibility index (Phi) is 2.67. The van der Waals surface area contributed by atoms with Crippen molar-refractivity contribution in [2.24, 2.45) is 5.92 Å². The van der Waals surface area contributed by atoms with Crippen LogP contribution in [0.15, 0.2) is 0 Å². The van der Waals surface area contributed by atoms with Crippen molar-refractivity contribution in [1.29, 1.82) is 0 Å². The molecule has 0 aliphatic heterocycles.